The average Bonchev–Trinajstić information content (AvgIpc) is 3.43. The number of ether oxygens (including phenoxy) is 3. The fourth-order valence-corrected chi connectivity index (χ4v) is 6.14. The summed E-state index contributed by atoms with van der Waals surface area (Å²) in [6, 6.07) is 11.2. The second kappa shape index (κ2) is 11.8. The van der Waals surface area contributed by atoms with Crippen LogP contribution in [0.1, 0.15) is 62.3 Å². The van der Waals surface area contributed by atoms with Crippen LogP contribution in [0.15, 0.2) is 64.3 Å². The fourth-order valence-electron chi connectivity index (χ4n) is 5.27. The molecule has 0 unspecified atom stereocenters. The third kappa shape index (κ3) is 5.21. The maximum Gasteiger partial charge on any atom is 0.336 e. The number of benzene rings is 1. The monoisotopic (exact) mass is 523 g/mol. The van der Waals surface area contributed by atoms with Crippen molar-refractivity contribution in [3.05, 3.63) is 74.8 Å². The number of nitrogens with one attached hydrogen (secondary N) is 1. The van der Waals surface area contributed by atoms with Gasteiger partial charge in [-0.3, -0.25) is 9.59 Å². The molecule has 0 fully saturated rings. The lowest BCUT2D eigenvalue weighted by molar-refractivity contribution is -0.152. The highest BCUT2D eigenvalue weighted by Crippen LogP contribution is 2.49. The number of allylic oxidation sites excluding steroid dienone is 3. The Morgan fingerprint density at radius 2 is 1.86 bits per heavy atom. The molecular formula is C29H33NO6S. The highest BCUT2D eigenvalue weighted by Gasteiger charge is 2.49. The first-order valence-corrected chi connectivity index (χ1v) is 13.6. The smallest absolute Gasteiger partial charge is 0.336 e. The summed E-state index contributed by atoms with van der Waals surface area (Å²) in [5.74, 6) is -2.77. The number of carbonyl (C=O) groups excluding carboxylic acids is 3. The zero-order valence-electron chi connectivity index (χ0n) is 21.7. The zero-order chi connectivity index (χ0) is 26.5. The second-order valence-corrected chi connectivity index (χ2v) is 9.99. The molecule has 1 N–H and O–H groups in total. The van der Waals surface area contributed by atoms with E-state index in [1.54, 1.807) is 21.0 Å². The quantitative estimate of drug-likeness (QED) is 0.355. The first-order valence-electron chi connectivity index (χ1n) is 12.7. The fraction of sp³-hybridized carbons (Fsp3) is 0.414. The van der Waals surface area contributed by atoms with Crippen LogP contribution in [0.2, 0.25) is 0 Å². The molecule has 7 nitrogen and oxygen atoms in total. The molecule has 2 heterocycles. The van der Waals surface area contributed by atoms with Crippen molar-refractivity contribution in [1.82, 2.24) is 5.32 Å². The average molecular weight is 524 g/mol. The number of Topliss-reactive ketones (excluding diaryl/α,β-unsaturated/α-hetero) is 1. The Labute approximate surface area is 221 Å². The minimum absolute atomic E-state index is 0.178. The number of hydrogen-bond acceptors (Lipinski definition) is 8. The summed E-state index contributed by atoms with van der Waals surface area (Å²) in [7, 11) is 1.57. The molecule has 37 heavy (non-hydrogen) atoms. The minimum Gasteiger partial charge on any atom is -0.497 e. The SMILES string of the molecule is CCCC1=C(C(=O)OCC)[C@H](c2cccc(OC)c2)C2=C(C[C@@H](c3cccs3)[C@@H](C(=O)OCC)C2=O)N1. The predicted molar refractivity (Wildman–Crippen MR) is 141 cm³/mol. The largest absolute Gasteiger partial charge is 0.497 e. The lowest BCUT2D eigenvalue weighted by Crippen LogP contribution is -2.43. The summed E-state index contributed by atoms with van der Waals surface area (Å²) >= 11 is 1.52. The zero-order valence-corrected chi connectivity index (χ0v) is 22.5. The van der Waals surface area contributed by atoms with Crippen LogP contribution in [0.25, 0.3) is 0 Å². The van der Waals surface area contributed by atoms with Crippen molar-refractivity contribution in [1.29, 1.82) is 0 Å². The molecule has 1 aromatic carbocycles. The van der Waals surface area contributed by atoms with E-state index in [0.717, 1.165) is 28.3 Å². The number of rotatable bonds is 9. The van der Waals surface area contributed by atoms with Crippen molar-refractivity contribution >= 4 is 29.1 Å². The van der Waals surface area contributed by atoms with Crippen LogP contribution in [0.5, 0.6) is 5.75 Å². The van der Waals surface area contributed by atoms with Crippen LogP contribution in [-0.4, -0.2) is 38.0 Å². The van der Waals surface area contributed by atoms with Gasteiger partial charge in [0, 0.05) is 33.7 Å². The molecule has 1 aliphatic carbocycles. The van der Waals surface area contributed by atoms with Gasteiger partial charge in [0.1, 0.15) is 11.7 Å². The first kappa shape index (κ1) is 26.7. The van der Waals surface area contributed by atoms with Gasteiger partial charge < -0.3 is 19.5 Å². The highest BCUT2D eigenvalue weighted by molar-refractivity contribution is 7.10. The van der Waals surface area contributed by atoms with E-state index in [4.69, 9.17) is 14.2 Å². The first-order chi connectivity index (χ1) is 17.9. The predicted octanol–water partition coefficient (Wildman–Crippen LogP) is 5.25. The normalized spacial score (nSPS) is 21.3. The molecule has 1 aliphatic heterocycles. The van der Waals surface area contributed by atoms with E-state index in [1.165, 1.54) is 11.3 Å². The molecule has 0 spiro atoms. The van der Waals surface area contributed by atoms with E-state index in [2.05, 4.69) is 5.32 Å². The van der Waals surface area contributed by atoms with Crippen LogP contribution in [0.4, 0.5) is 0 Å². The van der Waals surface area contributed by atoms with Crippen molar-refractivity contribution in [3.63, 3.8) is 0 Å². The van der Waals surface area contributed by atoms with Gasteiger partial charge in [0.05, 0.1) is 25.9 Å². The molecule has 2 aromatic rings. The number of esters is 2. The Kier molecular flexibility index (Phi) is 8.48. The van der Waals surface area contributed by atoms with E-state index in [1.807, 2.05) is 48.7 Å². The second-order valence-electron chi connectivity index (χ2n) is 9.01. The van der Waals surface area contributed by atoms with Crippen LogP contribution in [0, 0.1) is 5.92 Å². The van der Waals surface area contributed by atoms with Gasteiger partial charge in [-0.15, -0.1) is 11.3 Å². The number of hydrogen-bond donors (Lipinski definition) is 1. The molecule has 2 aliphatic rings. The van der Waals surface area contributed by atoms with E-state index in [0.29, 0.717) is 29.7 Å². The van der Waals surface area contributed by atoms with E-state index in [9.17, 15) is 14.4 Å². The van der Waals surface area contributed by atoms with Crippen molar-refractivity contribution in [2.45, 2.75) is 51.9 Å². The molecule has 0 bridgehead atoms. The van der Waals surface area contributed by atoms with Gasteiger partial charge in [0.25, 0.3) is 0 Å². The Bertz CT molecular complexity index is 1230. The molecule has 196 valence electrons. The van der Waals surface area contributed by atoms with Crippen LogP contribution in [0.3, 0.4) is 0 Å². The Morgan fingerprint density at radius 3 is 2.51 bits per heavy atom. The van der Waals surface area contributed by atoms with Crippen LogP contribution in [-0.2, 0) is 23.9 Å². The van der Waals surface area contributed by atoms with E-state index < -0.39 is 23.8 Å². The molecule has 1 aromatic heterocycles. The molecule has 4 rings (SSSR count). The molecule has 8 heteroatoms. The minimum atomic E-state index is -0.997. The summed E-state index contributed by atoms with van der Waals surface area (Å²) in [6.45, 7) is 5.92. The summed E-state index contributed by atoms with van der Waals surface area (Å²) in [5, 5.41) is 5.39. The molecule has 0 saturated carbocycles. The number of methoxy groups -OCH3 is 1. The van der Waals surface area contributed by atoms with Gasteiger partial charge in [0.15, 0.2) is 5.78 Å². The lowest BCUT2D eigenvalue weighted by atomic mass is 9.68. The summed E-state index contributed by atoms with van der Waals surface area (Å²) < 4.78 is 16.3. The highest BCUT2D eigenvalue weighted by atomic mass is 32.1. The Hall–Kier alpha value is -3.39. The summed E-state index contributed by atoms with van der Waals surface area (Å²) in [6.07, 6.45) is 1.87. The molecule has 0 saturated heterocycles. The number of ketones is 1. The third-order valence-corrected chi connectivity index (χ3v) is 7.78. The van der Waals surface area contributed by atoms with Gasteiger partial charge in [-0.1, -0.05) is 31.5 Å². The van der Waals surface area contributed by atoms with Gasteiger partial charge in [-0.2, -0.15) is 0 Å². The maximum absolute atomic E-state index is 14.3. The van der Waals surface area contributed by atoms with Crippen LogP contribution < -0.4 is 10.1 Å². The summed E-state index contributed by atoms with van der Waals surface area (Å²) in [5.41, 5.74) is 3.05. The van der Waals surface area contributed by atoms with Gasteiger partial charge >= 0.3 is 11.9 Å². The molecule has 0 amide bonds. The van der Waals surface area contributed by atoms with Crippen molar-refractivity contribution in [2.24, 2.45) is 5.92 Å². The topological polar surface area (TPSA) is 90.9 Å². The van der Waals surface area contributed by atoms with Crippen molar-refractivity contribution < 1.29 is 28.6 Å². The Balaban J connectivity index is 1.93. The Morgan fingerprint density at radius 1 is 1.08 bits per heavy atom. The van der Waals surface area contributed by atoms with Crippen LogP contribution >= 0.6 is 11.3 Å². The van der Waals surface area contributed by atoms with Gasteiger partial charge in [-0.05, 0) is 55.8 Å². The maximum atomic E-state index is 14.3. The standard InChI is InChI=1S/C29H33NO6S/c1-5-10-20-26(29(33)36-7-3)23(17-11-8-12-18(15-17)34-4)25-21(30-20)16-19(22-13-9-14-37-22)24(27(25)31)28(32)35-6-2/h8-9,11-15,19,23-24,30H,5-7,10,16H2,1-4H3/t19-,23+,24+/m0/s1. The summed E-state index contributed by atoms with van der Waals surface area (Å²) in [4.78, 5) is 41.9. The molecular weight excluding hydrogens is 490 g/mol. The van der Waals surface area contributed by atoms with E-state index >= 15 is 0 Å². The number of thiophene rings is 1. The number of dihydropyridines is 1. The van der Waals surface area contributed by atoms with Gasteiger partial charge in [0.2, 0.25) is 0 Å². The number of carbonyl (C=O) groups is 3. The lowest BCUT2D eigenvalue weighted by Gasteiger charge is -2.39. The molecule has 3 atom stereocenters. The van der Waals surface area contributed by atoms with Crippen molar-refractivity contribution in [3.8, 4) is 5.75 Å². The van der Waals surface area contributed by atoms with Gasteiger partial charge in [-0.25, -0.2) is 4.79 Å². The van der Waals surface area contributed by atoms with Crippen molar-refractivity contribution in [2.75, 3.05) is 20.3 Å². The molecule has 0 radical (unpaired) electrons. The third-order valence-electron chi connectivity index (χ3n) is 6.78. The van der Waals surface area contributed by atoms with E-state index in [-0.39, 0.29) is 24.9 Å².